The molecule has 6 nitrogen and oxygen atoms in total. The molecule has 1 saturated heterocycles. The van der Waals surface area contributed by atoms with Crippen LogP contribution in [0.1, 0.15) is 19.3 Å². The molecule has 3 heterocycles. The highest BCUT2D eigenvalue weighted by Gasteiger charge is 2.21. The smallest absolute Gasteiger partial charge is 0.261 e. The molecule has 7 heteroatoms. The molecule has 1 aliphatic heterocycles. The Morgan fingerprint density at radius 2 is 2.04 bits per heavy atom. The standard InChI is InChI=1S/C21H23ClN2O4/c1-26-20-12-15-16(22)13-18(19-6-4-10-27-19)24(25)17(15)14-21(20)28-11-5-9-23-7-2-3-8-23/h4,6,10,12-14H,2-3,5,7-9,11H2,1H3. The molecule has 0 unspecified atom stereocenters. The van der Waals surface area contributed by atoms with Gasteiger partial charge in [-0.05, 0) is 50.6 Å². The second kappa shape index (κ2) is 8.29. The van der Waals surface area contributed by atoms with Crippen LogP contribution in [-0.4, -0.2) is 38.3 Å². The van der Waals surface area contributed by atoms with Crippen molar-refractivity contribution in [1.29, 1.82) is 0 Å². The lowest BCUT2D eigenvalue weighted by Crippen LogP contribution is -2.30. The summed E-state index contributed by atoms with van der Waals surface area (Å²) in [4.78, 5) is 2.45. The van der Waals surface area contributed by atoms with E-state index in [1.807, 2.05) is 0 Å². The summed E-state index contributed by atoms with van der Waals surface area (Å²) in [6.45, 7) is 3.92. The zero-order valence-corrected chi connectivity index (χ0v) is 16.6. The Morgan fingerprint density at radius 1 is 1.21 bits per heavy atom. The van der Waals surface area contributed by atoms with Crippen LogP contribution in [0.2, 0.25) is 5.02 Å². The highest BCUT2D eigenvalue weighted by molar-refractivity contribution is 6.35. The number of hydrogen-bond donors (Lipinski definition) is 0. The van der Waals surface area contributed by atoms with Crippen LogP contribution in [0.5, 0.6) is 11.5 Å². The van der Waals surface area contributed by atoms with Gasteiger partial charge in [0, 0.05) is 12.6 Å². The highest BCUT2D eigenvalue weighted by Crippen LogP contribution is 2.36. The topological polar surface area (TPSA) is 61.8 Å². The lowest BCUT2D eigenvalue weighted by atomic mass is 10.1. The van der Waals surface area contributed by atoms with E-state index in [0.717, 1.165) is 17.7 Å². The summed E-state index contributed by atoms with van der Waals surface area (Å²) in [7, 11) is 1.58. The number of benzene rings is 1. The Morgan fingerprint density at radius 3 is 2.75 bits per heavy atom. The first-order valence-electron chi connectivity index (χ1n) is 9.50. The van der Waals surface area contributed by atoms with Crippen molar-refractivity contribution in [2.24, 2.45) is 0 Å². The van der Waals surface area contributed by atoms with Gasteiger partial charge in [0.1, 0.15) is 0 Å². The van der Waals surface area contributed by atoms with Crippen LogP contribution in [0.15, 0.2) is 41.0 Å². The minimum atomic E-state index is 0.354. The monoisotopic (exact) mass is 402 g/mol. The lowest BCUT2D eigenvalue weighted by molar-refractivity contribution is -0.565. The fourth-order valence-corrected chi connectivity index (χ4v) is 3.89. The number of fused-ring (bicyclic) bond motifs is 1. The van der Waals surface area contributed by atoms with Gasteiger partial charge in [-0.2, -0.15) is 4.73 Å². The number of hydrogen-bond acceptors (Lipinski definition) is 5. The molecule has 1 aromatic carbocycles. The largest absolute Gasteiger partial charge is 0.618 e. The first-order chi connectivity index (χ1) is 13.7. The fraction of sp³-hybridized carbons (Fsp3) is 0.381. The fourth-order valence-electron chi connectivity index (χ4n) is 3.64. The van der Waals surface area contributed by atoms with Gasteiger partial charge < -0.3 is 24.0 Å². The van der Waals surface area contributed by atoms with Crippen molar-refractivity contribution in [3.63, 3.8) is 0 Å². The van der Waals surface area contributed by atoms with E-state index in [1.165, 1.54) is 32.2 Å². The normalized spacial score (nSPS) is 14.6. The molecule has 4 rings (SSSR count). The van der Waals surface area contributed by atoms with E-state index in [2.05, 4.69) is 4.90 Å². The maximum atomic E-state index is 12.9. The summed E-state index contributed by atoms with van der Waals surface area (Å²) < 4.78 is 17.6. The molecule has 2 aromatic heterocycles. The number of nitrogens with zero attached hydrogens (tertiary/aromatic N) is 2. The summed E-state index contributed by atoms with van der Waals surface area (Å²) in [5, 5.41) is 14.0. The molecule has 0 aliphatic carbocycles. The predicted molar refractivity (Wildman–Crippen MR) is 108 cm³/mol. The maximum absolute atomic E-state index is 12.9. The van der Waals surface area contributed by atoms with E-state index in [4.69, 9.17) is 25.5 Å². The van der Waals surface area contributed by atoms with Gasteiger partial charge in [-0.15, -0.1) is 0 Å². The molecule has 0 N–H and O–H groups in total. The number of aromatic nitrogens is 1. The third kappa shape index (κ3) is 3.75. The average molecular weight is 403 g/mol. The third-order valence-electron chi connectivity index (χ3n) is 5.09. The van der Waals surface area contributed by atoms with Crippen molar-refractivity contribution in [2.75, 3.05) is 33.4 Å². The van der Waals surface area contributed by atoms with E-state index in [0.29, 0.717) is 45.5 Å². The number of halogens is 1. The molecule has 0 saturated carbocycles. The molecule has 148 valence electrons. The van der Waals surface area contributed by atoms with Gasteiger partial charge in [0.05, 0.1) is 36.5 Å². The second-order valence-electron chi connectivity index (χ2n) is 6.92. The van der Waals surface area contributed by atoms with Crippen LogP contribution in [0.25, 0.3) is 22.4 Å². The van der Waals surface area contributed by atoms with Crippen molar-refractivity contribution in [1.82, 2.24) is 4.90 Å². The molecule has 0 atom stereocenters. The Hall–Kier alpha value is -2.44. The number of rotatable bonds is 7. The van der Waals surface area contributed by atoms with E-state index in [9.17, 15) is 5.21 Å². The van der Waals surface area contributed by atoms with E-state index in [-0.39, 0.29) is 0 Å². The third-order valence-corrected chi connectivity index (χ3v) is 5.40. The van der Waals surface area contributed by atoms with E-state index >= 15 is 0 Å². The SMILES string of the molecule is COc1cc2c(Cl)cc(-c3ccco3)[n+]([O-])c2cc1OCCCN1CCCC1. The van der Waals surface area contributed by atoms with Crippen molar-refractivity contribution in [3.8, 4) is 23.0 Å². The lowest BCUT2D eigenvalue weighted by Gasteiger charge is -2.16. The number of furan rings is 1. The minimum absolute atomic E-state index is 0.354. The minimum Gasteiger partial charge on any atom is -0.618 e. The molecule has 0 amide bonds. The number of likely N-dealkylation sites (tertiary alicyclic amines) is 1. The summed E-state index contributed by atoms with van der Waals surface area (Å²) in [5.74, 6) is 1.55. The first kappa shape index (κ1) is 18.9. The Kier molecular flexibility index (Phi) is 5.59. The Labute approximate surface area is 168 Å². The molecule has 1 aliphatic rings. The maximum Gasteiger partial charge on any atom is 0.261 e. The zero-order chi connectivity index (χ0) is 19.5. The molecule has 3 aromatic rings. The molecular formula is C21H23ClN2O4. The summed E-state index contributed by atoms with van der Waals surface area (Å²) in [6, 6.07) is 8.50. The molecule has 1 fully saturated rings. The summed E-state index contributed by atoms with van der Waals surface area (Å²) >= 11 is 6.44. The van der Waals surface area contributed by atoms with Crippen molar-refractivity contribution in [2.45, 2.75) is 19.3 Å². The van der Waals surface area contributed by atoms with Crippen molar-refractivity contribution < 1.29 is 18.6 Å². The Bertz CT molecular complexity index is 953. The van der Waals surface area contributed by atoms with E-state index in [1.54, 1.807) is 37.4 Å². The quantitative estimate of drug-likeness (QED) is 0.335. The van der Waals surface area contributed by atoms with Crippen molar-refractivity contribution >= 4 is 22.5 Å². The Balaban J connectivity index is 1.61. The van der Waals surface area contributed by atoms with Crippen LogP contribution >= 0.6 is 11.6 Å². The van der Waals surface area contributed by atoms with Gasteiger partial charge in [-0.3, -0.25) is 0 Å². The molecule has 0 bridgehead atoms. The summed E-state index contributed by atoms with van der Waals surface area (Å²) in [5.41, 5.74) is 0.766. The first-order valence-corrected chi connectivity index (χ1v) is 9.88. The second-order valence-corrected chi connectivity index (χ2v) is 7.33. The van der Waals surface area contributed by atoms with Crippen LogP contribution in [0.4, 0.5) is 0 Å². The van der Waals surface area contributed by atoms with E-state index < -0.39 is 0 Å². The van der Waals surface area contributed by atoms with Gasteiger partial charge in [0.15, 0.2) is 17.3 Å². The van der Waals surface area contributed by atoms with Crippen LogP contribution in [0.3, 0.4) is 0 Å². The average Bonchev–Trinajstić information content (AvgIpc) is 3.41. The highest BCUT2D eigenvalue weighted by atomic mass is 35.5. The van der Waals surface area contributed by atoms with Gasteiger partial charge in [-0.1, -0.05) is 11.6 Å². The van der Waals surface area contributed by atoms with Gasteiger partial charge >= 0.3 is 0 Å². The predicted octanol–water partition coefficient (Wildman–Crippen LogP) is 4.26. The van der Waals surface area contributed by atoms with Gasteiger partial charge in [-0.25, -0.2) is 0 Å². The number of pyridine rings is 1. The zero-order valence-electron chi connectivity index (χ0n) is 15.8. The molecule has 0 radical (unpaired) electrons. The van der Waals surface area contributed by atoms with Gasteiger partial charge in [0.2, 0.25) is 5.52 Å². The molecule has 0 spiro atoms. The van der Waals surface area contributed by atoms with Crippen LogP contribution < -0.4 is 14.2 Å². The molecule has 28 heavy (non-hydrogen) atoms. The molecular weight excluding hydrogens is 380 g/mol. The van der Waals surface area contributed by atoms with Crippen LogP contribution in [0, 0.1) is 5.21 Å². The van der Waals surface area contributed by atoms with Gasteiger partial charge in [0.25, 0.3) is 5.69 Å². The number of ether oxygens (including phenoxy) is 2. The number of methoxy groups -OCH3 is 1. The van der Waals surface area contributed by atoms with Crippen molar-refractivity contribution in [3.05, 3.63) is 46.8 Å². The van der Waals surface area contributed by atoms with Crippen LogP contribution in [-0.2, 0) is 0 Å². The summed E-state index contributed by atoms with van der Waals surface area (Å²) in [6.07, 6.45) is 5.01.